The summed E-state index contributed by atoms with van der Waals surface area (Å²) in [6.45, 7) is 0.556. The van der Waals surface area contributed by atoms with Crippen molar-refractivity contribution in [3.63, 3.8) is 0 Å². The number of hydrogen-bond acceptors (Lipinski definition) is 5. The molecule has 0 aliphatic carbocycles. The van der Waals surface area contributed by atoms with Crippen LogP contribution in [0, 0.1) is 0 Å². The molecule has 22 heavy (non-hydrogen) atoms. The summed E-state index contributed by atoms with van der Waals surface area (Å²) < 4.78 is 10.5. The molecule has 1 aromatic carbocycles. The fraction of sp³-hybridized carbons (Fsp3) is 0.250. The van der Waals surface area contributed by atoms with E-state index in [4.69, 9.17) is 9.47 Å². The van der Waals surface area contributed by atoms with E-state index in [-0.39, 0.29) is 12.7 Å². The Labute approximate surface area is 127 Å². The van der Waals surface area contributed by atoms with Gasteiger partial charge >= 0.3 is 0 Å². The number of pyridine rings is 1. The molecule has 1 atom stereocenters. The summed E-state index contributed by atoms with van der Waals surface area (Å²) in [7, 11) is 0. The van der Waals surface area contributed by atoms with Gasteiger partial charge in [0, 0.05) is 12.7 Å². The van der Waals surface area contributed by atoms with Gasteiger partial charge in [0.25, 0.3) is 5.91 Å². The van der Waals surface area contributed by atoms with Crippen LogP contribution < -0.4 is 14.8 Å². The molecular formula is C16H16N2O4. The highest BCUT2D eigenvalue weighted by atomic mass is 16.7. The highest BCUT2D eigenvalue weighted by molar-refractivity contribution is 5.92. The molecule has 2 aromatic rings. The third-order valence-corrected chi connectivity index (χ3v) is 3.38. The molecule has 1 aliphatic heterocycles. The molecule has 2 heterocycles. The van der Waals surface area contributed by atoms with Gasteiger partial charge in [0.1, 0.15) is 5.69 Å². The second-order valence-corrected chi connectivity index (χ2v) is 4.89. The molecule has 0 saturated carbocycles. The minimum absolute atomic E-state index is 0.203. The molecule has 0 bridgehead atoms. The van der Waals surface area contributed by atoms with Crippen LogP contribution in [0.1, 0.15) is 28.6 Å². The molecule has 0 spiro atoms. The quantitative estimate of drug-likeness (QED) is 0.878. The number of carbonyl (C=O) groups is 1. The van der Waals surface area contributed by atoms with Crippen molar-refractivity contribution in [3.8, 4) is 11.5 Å². The van der Waals surface area contributed by atoms with Gasteiger partial charge in [-0.3, -0.25) is 9.78 Å². The number of aromatic nitrogens is 1. The van der Waals surface area contributed by atoms with E-state index in [1.807, 2.05) is 0 Å². The molecule has 6 nitrogen and oxygen atoms in total. The number of rotatable bonds is 5. The lowest BCUT2D eigenvalue weighted by atomic mass is 10.1. The average Bonchev–Trinajstić information content (AvgIpc) is 3.03. The number of nitrogens with one attached hydrogen (secondary N) is 1. The van der Waals surface area contributed by atoms with Crippen molar-refractivity contribution in [1.29, 1.82) is 0 Å². The Hall–Kier alpha value is -2.60. The first-order valence-corrected chi connectivity index (χ1v) is 7.01. The molecule has 0 saturated heterocycles. The first kappa shape index (κ1) is 14.3. The zero-order chi connectivity index (χ0) is 15.4. The van der Waals surface area contributed by atoms with E-state index in [1.54, 1.807) is 42.6 Å². The lowest BCUT2D eigenvalue weighted by molar-refractivity contribution is 0.0937. The van der Waals surface area contributed by atoms with Crippen LogP contribution in [0.5, 0.6) is 11.5 Å². The van der Waals surface area contributed by atoms with Gasteiger partial charge in [0.15, 0.2) is 11.5 Å². The van der Waals surface area contributed by atoms with Crippen molar-refractivity contribution in [2.24, 2.45) is 0 Å². The molecule has 6 heteroatoms. The van der Waals surface area contributed by atoms with Gasteiger partial charge in [-0.2, -0.15) is 0 Å². The van der Waals surface area contributed by atoms with Crippen LogP contribution in [0.4, 0.5) is 0 Å². The predicted molar refractivity (Wildman–Crippen MR) is 78.7 cm³/mol. The number of aliphatic hydroxyl groups is 1. The second kappa shape index (κ2) is 6.44. The summed E-state index contributed by atoms with van der Waals surface area (Å²) in [5, 5.41) is 12.9. The molecule has 1 aliphatic rings. The van der Waals surface area contributed by atoms with Crippen molar-refractivity contribution in [2.45, 2.75) is 12.5 Å². The van der Waals surface area contributed by atoms with E-state index in [0.29, 0.717) is 30.2 Å². The van der Waals surface area contributed by atoms with E-state index in [1.165, 1.54) is 0 Å². The maximum absolute atomic E-state index is 11.8. The van der Waals surface area contributed by atoms with Crippen molar-refractivity contribution < 1.29 is 19.4 Å². The fourth-order valence-electron chi connectivity index (χ4n) is 2.20. The third kappa shape index (κ3) is 3.17. The van der Waals surface area contributed by atoms with E-state index in [2.05, 4.69) is 10.3 Å². The van der Waals surface area contributed by atoms with Crippen molar-refractivity contribution >= 4 is 5.91 Å². The standard InChI is InChI=1S/C16H16N2O4/c19-13(11-4-5-14-15(9-11)22-10-21-14)6-8-18-16(20)12-3-1-2-7-17-12/h1-5,7,9,13,19H,6,8,10H2,(H,18,20). The number of hydrogen-bond donors (Lipinski definition) is 2. The maximum atomic E-state index is 11.8. The van der Waals surface area contributed by atoms with Gasteiger partial charge < -0.3 is 19.9 Å². The summed E-state index contributed by atoms with van der Waals surface area (Å²) >= 11 is 0. The number of benzene rings is 1. The highest BCUT2D eigenvalue weighted by Gasteiger charge is 2.16. The molecule has 3 rings (SSSR count). The summed E-state index contributed by atoms with van der Waals surface area (Å²) in [5.74, 6) is 1.06. The zero-order valence-corrected chi connectivity index (χ0v) is 11.9. The van der Waals surface area contributed by atoms with Crippen molar-refractivity contribution in [3.05, 3.63) is 53.9 Å². The summed E-state index contributed by atoms with van der Waals surface area (Å²) in [5.41, 5.74) is 1.09. The zero-order valence-electron chi connectivity index (χ0n) is 11.9. The number of amides is 1. The molecule has 0 radical (unpaired) electrons. The number of aliphatic hydroxyl groups excluding tert-OH is 1. The van der Waals surface area contributed by atoms with Crippen molar-refractivity contribution in [1.82, 2.24) is 10.3 Å². The van der Waals surface area contributed by atoms with Crippen LogP contribution in [0.15, 0.2) is 42.6 Å². The van der Waals surface area contributed by atoms with Crippen LogP contribution in [0.25, 0.3) is 0 Å². The van der Waals surface area contributed by atoms with Gasteiger partial charge in [-0.05, 0) is 36.2 Å². The Balaban J connectivity index is 1.52. The lowest BCUT2D eigenvalue weighted by Gasteiger charge is -2.12. The van der Waals surface area contributed by atoms with E-state index in [9.17, 15) is 9.90 Å². The van der Waals surface area contributed by atoms with Gasteiger partial charge in [0.05, 0.1) is 6.10 Å². The Bertz CT molecular complexity index is 660. The van der Waals surface area contributed by atoms with Crippen molar-refractivity contribution in [2.75, 3.05) is 13.3 Å². The Morgan fingerprint density at radius 1 is 1.27 bits per heavy atom. The number of nitrogens with zero attached hydrogens (tertiary/aromatic N) is 1. The van der Waals surface area contributed by atoms with Gasteiger partial charge in [-0.25, -0.2) is 0 Å². The minimum Gasteiger partial charge on any atom is -0.454 e. The van der Waals surface area contributed by atoms with Crippen LogP contribution in [0.2, 0.25) is 0 Å². The summed E-state index contributed by atoms with van der Waals surface area (Å²) in [4.78, 5) is 15.8. The smallest absolute Gasteiger partial charge is 0.269 e. The SMILES string of the molecule is O=C(NCCC(O)c1ccc2c(c1)OCO2)c1ccccn1. The minimum atomic E-state index is -0.682. The summed E-state index contributed by atoms with van der Waals surface area (Å²) in [6, 6.07) is 10.5. The van der Waals surface area contributed by atoms with E-state index in [0.717, 1.165) is 5.56 Å². The Morgan fingerprint density at radius 3 is 2.95 bits per heavy atom. The van der Waals surface area contributed by atoms with Crippen LogP contribution >= 0.6 is 0 Å². The molecule has 114 valence electrons. The molecule has 0 fully saturated rings. The molecule has 1 amide bonds. The van der Waals surface area contributed by atoms with Crippen LogP contribution in [-0.4, -0.2) is 29.3 Å². The summed E-state index contributed by atoms with van der Waals surface area (Å²) in [6.07, 6.45) is 1.28. The monoisotopic (exact) mass is 300 g/mol. The topological polar surface area (TPSA) is 80.7 Å². The lowest BCUT2D eigenvalue weighted by Crippen LogP contribution is -2.26. The molecule has 2 N–H and O–H groups in total. The molecular weight excluding hydrogens is 284 g/mol. The largest absolute Gasteiger partial charge is 0.454 e. The second-order valence-electron chi connectivity index (χ2n) is 4.89. The number of carbonyl (C=O) groups excluding carboxylic acids is 1. The molecule has 1 unspecified atom stereocenters. The third-order valence-electron chi connectivity index (χ3n) is 3.38. The van der Waals surface area contributed by atoms with Crippen LogP contribution in [0.3, 0.4) is 0 Å². The van der Waals surface area contributed by atoms with Gasteiger partial charge in [-0.1, -0.05) is 12.1 Å². The fourth-order valence-corrected chi connectivity index (χ4v) is 2.20. The van der Waals surface area contributed by atoms with Gasteiger partial charge in [-0.15, -0.1) is 0 Å². The Kier molecular flexibility index (Phi) is 4.20. The highest BCUT2D eigenvalue weighted by Crippen LogP contribution is 2.34. The number of fused-ring (bicyclic) bond motifs is 1. The normalized spacial score (nSPS) is 13.7. The Morgan fingerprint density at radius 2 is 2.14 bits per heavy atom. The van der Waals surface area contributed by atoms with Crippen LogP contribution in [-0.2, 0) is 0 Å². The average molecular weight is 300 g/mol. The van der Waals surface area contributed by atoms with E-state index >= 15 is 0 Å². The van der Waals surface area contributed by atoms with E-state index < -0.39 is 6.10 Å². The first-order chi connectivity index (χ1) is 10.7. The molecule has 1 aromatic heterocycles. The maximum Gasteiger partial charge on any atom is 0.269 e. The number of ether oxygens (including phenoxy) is 2. The first-order valence-electron chi connectivity index (χ1n) is 7.01. The van der Waals surface area contributed by atoms with Gasteiger partial charge in [0.2, 0.25) is 6.79 Å². The predicted octanol–water partition coefficient (Wildman–Crippen LogP) is 1.66.